The van der Waals surface area contributed by atoms with Gasteiger partial charge in [-0.2, -0.15) is 13.2 Å². The summed E-state index contributed by atoms with van der Waals surface area (Å²) in [5.41, 5.74) is 15.5. The second kappa shape index (κ2) is 12.4. The molecule has 4 aromatic carbocycles. The first-order chi connectivity index (χ1) is 22.0. The third-order valence-corrected chi connectivity index (χ3v) is 8.31. The zero-order valence-corrected chi connectivity index (χ0v) is 26.4. The maximum atomic E-state index is 13.6. The summed E-state index contributed by atoms with van der Waals surface area (Å²) in [5, 5.41) is 2.29. The first kappa shape index (κ1) is 33.5. The highest BCUT2D eigenvalue weighted by Gasteiger charge is 2.30. The number of aromatic nitrogens is 2. The van der Waals surface area contributed by atoms with Crippen LogP contribution in [0.2, 0.25) is 10.0 Å². The maximum absolute atomic E-state index is 13.6. The average Bonchev–Trinajstić information content (AvgIpc) is 3.46. The molecule has 2 aromatic heterocycles. The van der Waals surface area contributed by atoms with Crippen molar-refractivity contribution in [2.45, 2.75) is 20.0 Å². The van der Waals surface area contributed by atoms with Gasteiger partial charge in [-0.25, -0.2) is 8.78 Å². The summed E-state index contributed by atoms with van der Waals surface area (Å²) in [5.74, 6) is -3.05. The molecule has 0 fully saturated rings. The van der Waals surface area contributed by atoms with E-state index in [9.17, 15) is 31.5 Å². The fourth-order valence-electron chi connectivity index (χ4n) is 5.67. The Morgan fingerprint density at radius 1 is 0.745 bits per heavy atom. The molecule has 0 saturated heterocycles. The van der Waals surface area contributed by atoms with Crippen molar-refractivity contribution < 1.29 is 31.5 Å². The van der Waals surface area contributed by atoms with Crippen LogP contribution < -0.4 is 11.5 Å². The second-order valence-corrected chi connectivity index (χ2v) is 11.7. The van der Waals surface area contributed by atoms with Gasteiger partial charge in [0, 0.05) is 39.0 Å². The molecule has 6 nitrogen and oxygen atoms in total. The number of amides is 2. The van der Waals surface area contributed by atoms with E-state index in [1.807, 2.05) is 0 Å². The van der Waals surface area contributed by atoms with Crippen molar-refractivity contribution in [2.75, 3.05) is 0 Å². The fraction of sp³-hybridized carbons (Fsp3) is 0.118. The molecule has 0 radical (unpaired) electrons. The zero-order chi connectivity index (χ0) is 34.5. The van der Waals surface area contributed by atoms with E-state index in [4.69, 9.17) is 34.7 Å². The van der Waals surface area contributed by atoms with Gasteiger partial charge in [0.15, 0.2) is 11.6 Å². The Morgan fingerprint density at radius 2 is 1.32 bits per heavy atom. The summed E-state index contributed by atoms with van der Waals surface area (Å²) in [7, 11) is 1.70. The van der Waals surface area contributed by atoms with Gasteiger partial charge in [0.1, 0.15) is 11.4 Å². The van der Waals surface area contributed by atoms with Crippen molar-refractivity contribution in [3.8, 4) is 22.3 Å². The number of hydrogen-bond donors (Lipinski definition) is 3. The van der Waals surface area contributed by atoms with Crippen LogP contribution in [0.15, 0.2) is 66.7 Å². The highest BCUT2D eigenvalue weighted by molar-refractivity contribution is 6.32. The van der Waals surface area contributed by atoms with Gasteiger partial charge in [-0.05, 0) is 84.6 Å². The fourth-order valence-corrected chi connectivity index (χ4v) is 6.11. The quantitative estimate of drug-likeness (QED) is 0.161. The number of H-pyrrole nitrogens is 1. The predicted molar refractivity (Wildman–Crippen MR) is 174 cm³/mol. The SMILES string of the molecule is Cc1c(C(N)=O)[nH]c2c(-c3ccc(C(F)(F)F)cc3)cc(Cl)cc12.Cc1c(C(N)=O)n(C)c2c(-c3ccc(F)c(F)c3)cc(Cl)cc12. The monoisotopic (exact) mass is 686 g/mol. The van der Waals surface area contributed by atoms with E-state index >= 15 is 0 Å². The number of benzene rings is 4. The molecule has 0 spiro atoms. The molecule has 0 atom stereocenters. The number of aryl methyl sites for hydroxylation is 3. The van der Waals surface area contributed by atoms with Crippen molar-refractivity contribution in [3.63, 3.8) is 0 Å². The largest absolute Gasteiger partial charge is 0.416 e. The Morgan fingerprint density at radius 3 is 1.87 bits per heavy atom. The number of primary amides is 2. The Hall–Kier alpha value is -4.87. The second-order valence-electron chi connectivity index (χ2n) is 10.8. The minimum absolute atomic E-state index is 0.250. The Balaban J connectivity index is 0.000000185. The van der Waals surface area contributed by atoms with E-state index in [1.54, 1.807) is 49.7 Å². The molecule has 242 valence electrons. The summed E-state index contributed by atoms with van der Waals surface area (Å²) < 4.78 is 66.6. The van der Waals surface area contributed by atoms with Gasteiger partial charge in [-0.15, -0.1) is 0 Å². The third-order valence-electron chi connectivity index (χ3n) is 7.87. The number of alkyl halides is 3. The molecule has 2 heterocycles. The summed E-state index contributed by atoms with van der Waals surface area (Å²) in [6.07, 6.45) is -4.40. The molecule has 0 saturated carbocycles. The van der Waals surface area contributed by atoms with Crippen LogP contribution in [0.25, 0.3) is 44.1 Å². The normalized spacial score (nSPS) is 11.5. The lowest BCUT2D eigenvalue weighted by molar-refractivity contribution is -0.137. The average molecular weight is 687 g/mol. The number of nitrogens with one attached hydrogen (secondary N) is 1. The molecular weight excluding hydrogens is 662 g/mol. The van der Waals surface area contributed by atoms with Crippen molar-refractivity contribution in [2.24, 2.45) is 18.5 Å². The van der Waals surface area contributed by atoms with Crippen LogP contribution >= 0.6 is 23.2 Å². The van der Waals surface area contributed by atoms with Crippen LogP contribution in [0.4, 0.5) is 22.0 Å². The van der Waals surface area contributed by atoms with Crippen LogP contribution in [0.1, 0.15) is 37.7 Å². The van der Waals surface area contributed by atoms with E-state index in [0.717, 1.165) is 29.7 Å². The van der Waals surface area contributed by atoms with Crippen LogP contribution in [-0.2, 0) is 13.2 Å². The summed E-state index contributed by atoms with van der Waals surface area (Å²) >= 11 is 12.3. The number of rotatable bonds is 4. The lowest BCUT2D eigenvalue weighted by Gasteiger charge is -2.09. The summed E-state index contributed by atoms with van der Waals surface area (Å²) in [6, 6.07) is 15.1. The number of fused-ring (bicyclic) bond motifs is 2. The maximum Gasteiger partial charge on any atom is 0.416 e. The molecule has 0 unspecified atom stereocenters. The molecule has 6 rings (SSSR count). The van der Waals surface area contributed by atoms with Gasteiger partial charge in [0.2, 0.25) is 0 Å². The lowest BCUT2D eigenvalue weighted by Crippen LogP contribution is -2.16. The topological polar surface area (TPSA) is 107 Å². The van der Waals surface area contributed by atoms with Gasteiger partial charge in [-0.3, -0.25) is 9.59 Å². The third kappa shape index (κ3) is 6.28. The van der Waals surface area contributed by atoms with Crippen LogP contribution in [0, 0.1) is 25.5 Å². The van der Waals surface area contributed by atoms with Gasteiger partial charge in [-0.1, -0.05) is 41.4 Å². The minimum Gasteiger partial charge on any atom is -0.364 e. The van der Waals surface area contributed by atoms with Gasteiger partial charge < -0.3 is 21.0 Å². The number of nitrogens with two attached hydrogens (primary N) is 2. The van der Waals surface area contributed by atoms with Gasteiger partial charge >= 0.3 is 6.18 Å². The van der Waals surface area contributed by atoms with E-state index in [-0.39, 0.29) is 5.69 Å². The van der Waals surface area contributed by atoms with E-state index in [0.29, 0.717) is 65.5 Å². The van der Waals surface area contributed by atoms with Crippen molar-refractivity contribution in [3.05, 3.63) is 116 Å². The molecule has 0 bridgehead atoms. The highest BCUT2D eigenvalue weighted by atomic mass is 35.5. The number of aromatic amines is 1. The van der Waals surface area contributed by atoms with Crippen molar-refractivity contribution >= 4 is 56.8 Å². The van der Waals surface area contributed by atoms with E-state index in [2.05, 4.69) is 4.98 Å². The highest BCUT2D eigenvalue weighted by Crippen LogP contribution is 2.38. The molecule has 6 aromatic rings. The molecular formula is C34H25Cl2F5N4O2. The summed E-state index contributed by atoms with van der Waals surface area (Å²) in [6.45, 7) is 3.50. The molecule has 5 N–H and O–H groups in total. The molecule has 2 amide bonds. The Labute approximate surface area is 274 Å². The molecule has 0 aliphatic heterocycles. The Bertz CT molecular complexity index is 2220. The number of carbonyl (C=O) groups excluding carboxylic acids is 2. The first-order valence-corrected chi connectivity index (χ1v) is 14.6. The zero-order valence-electron chi connectivity index (χ0n) is 24.9. The number of nitrogens with zero attached hydrogens (tertiary/aromatic N) is 1. The van der Waals surface area contributed by atoms with E-state index < -0.39 is 35.2 Å². The standard InChI is InChI=1S/C17H12ClF3N2O.C17H13ClF2N2O/c1-8-12-6-11(18)7-13(15(12)23-14(8)16(22)24)9-2-4-10(5-3-9)17(19,20)21;1-8-11-6-10(18)7-12(9-3-4-13(19)14(20)5-9)16(11)22(2)15(8)17(21)23/h2-7,23H,1H3,(H2,22,24);3-7H,1-2H3,(H2,21,23). The summed E-state index contributed by atoms with van der Waals surface area (Å²) in [4.78, 5) is 26.2. The van der Waals surface area contributed by atoms with Crippen molar-refractivity contribution in [1.82, 2.24) is 9.55 Å². The van der Waals surface area contributed by atoms with E-state index in [1.165, 1.54) is 18.2 Å². The van der Waals surface area contributed by atoms with Crippen LogP contribution in [-0.4, -0.2) is 21.4 Å². The molecule has 0 aliphatic carbocycles. The molecule has 0 aliphatic rings. The molecule has 47 heavy (non-hydrogen) atoms. The molecule has 13 heteroatoms. The number of halogens is 7. The van der Waals surface area contributed by atoms with Crippen molar-refractivity contribution in [1.29, 1.82) is 0 Å². The van der Waals surface area contributed by atoms with Crippen LogP contribution in [0.5, 0.6) is 0 Å². The predicted octanol–water partition coefficient (Wildman–Crippen LogP) is 9.10. The smallest absolute Gasteiger partial charge is 0.364 e. The number of carbonyl (C=O) groups is 2. The minimum atomic E-state index is -4.40. The van der Waals surface area contributed by atoms with Crippen LogP contribution in [0.3, 0.4) is 0 Å². The van der Waals surface area contributed by atoms with Gasteiger partial charge in [0.05, 0.1) is 16.6 Å². The lowest BCUT2D eigenvalue weighted by atomic mass is 10.0. The first-order valence-electron chi connectivity index (χ1n) is 13.8. The van der Waals surface area contributed by atoms with Gasteiger partial charge in [0.25, 0.3) is 11.8 Å². The number of hydrogen-bond acceptors (Lipinski definition) is 2. The Kier molecular flexibility index (Phi) is 8.83.